The molecule has 0 saturated carbocycles. The van der Waals surface area contributed by atoms with Crippen LogP contribution in [-0.4, -0.2) is 51.2 Å². The first-order valence-corrected chi connectivity index (χ1v) is 10.9. The molecule has 1 saturated heterocycles. The van der Waals surface area contributed by atoms with Crippen molar-refractivity contribution >= 4 is 17.0 Å². The highest BCUT2D eigenvalue weighted by molar-refractivity contribution is 5.82. The molecule has 1 unspecified atom stereocenters. The van der Waals surface area contributed by atoms with Gasteiger partial charge >= 0.3 is 6.09 Å². The highest BCUT2D eigenvalue weighted by atomic mass is 19.3. The number of fused-ring (bicyclic) bond motifs is 1. The molecule has 1 fully saturated rings. The first-order valence-electron chi connectivity index (χ1n) is 10.9. The number of nitrogens with zero attached hydrogens (tertiary/aromatic N) is 3. The number of aromatic nitrogens is 2. The van der Waals surface area contributed by atoms with Crippen molar-refractivity contribution in [3.8, 4) is 5.69 Å². The van der Waals surface area contributed by atoms with Gasteiger partial charge in [-0.1, -0.05) is 30.3 Å². The minimum Gasteiger partial charge on any atom is -0.465 e. The molecule has 4 rings (SSSR count). The molecule has 0 aliphatic carbocycles. The number of carboxylic acid groups (broad SMARTS) is 1. The van der Waals surface area contributed by atoms with Crippen molar-refractivity contribution in [2.24, 2.45) is 0 Å². The molecule has 174 valence electrons. The summed E-state index contributed by atoms with van der Waals surface area (Å²) in [4.78, 5) is 31.3. The van der Waals surface area contributed by atoms with Crippen LogP contribution in [0.15, 0.2) is 53.3 Å². The van der Waals surface area contributed by atoms with Crippen molar-refractivity contribution in [2.75, 3.05) is 19.6 Å². The van der Waals surface area contributed by atoms with Gasteiger partial charge in [0.05, 0.1) is 29.2 Å². The van der Waals surface area contributed by atoms with Crippen LogP contribution in [0.5, 0.6) is 0 Å². The predicted molar refractivity (Wildman–Crippen MR) is 121 cm³/mol. The Hall–Kier alpha value is -3.33. The molecule has 0 bridgehead atoms. The standard InChI is InChI=1S/C24H26F2N4O3/c1-16(27-23(32)33)21-28-19-11-5-7-17(8-6-13-29-14-12-24(25,26)15-29)20(19)22(31)30(21)18-9-3-2-4-10-18/h2-5,7,9-11,16,27H,6,8,12-15H2,1H3,(H,32,33). The Morgan fingerprint density at radius 1 is 1.21 bits per heavy atom. The van der Waals surface area contributed by atoms with E-state index in [1.165, 1.54) is 4.57 Å². The van der Waals surface area contributed by atoms with Gasteiger partial charge in [0.15, 0.2) is 0 Å². The van der Waals surface area contributed by atoms with E-state index in [0.29, 0.717) is 42.5 Å². The molecule has 3 aromatic rings. The molecule has 0 radical (unpaired) electrons. The highest BCUT2D eigenvalue weighted by Gasteiger charge is 2.37. The number of alkyl halides is 2. The van der Waals surface area contributed by atoms with Crippen LogP contribution in [0.2, 0.25) is 0 Å². The number of benzene rings is 2. The van der Waals surface area contributed by atoms with Gasteiger partial charge in [-0.25, -0.2) is 18.6 Å². The molecule has 7 nitrogen and oxygen atoms in total. The highest BCUT2D eigenvalue weighted by Crippen LogP contribution is 2.27. The van der Waals surface area contributed by atoms with Crippen LogP contribution >= 0.6 is 0 Å². The van der Waals surface area contributed by atoms with Gasteiger partial charge in [-0.05, 0) is 50.1 Å². The maximum Gasteiger partial charge on any atom is 0.405 e. The number of rotatable bonds is 7. The Kier molecular flexibility index (Phi) is 6.42. The van der Waals surface area contributed by atoms with Gasteiger partial charge in [0.25, 0.3) is 11.5 Å². The normalized spacial score (nSPS) is 16.7. The van der Waals surface area contributed by atoms with E-state index >= 15 is 0 Å². The van der Waals surface area contributed by atoms with Gasteiger partial charge in [-0.3, -0.25) is 14.3 Å². The van der Waals surface area contributed by atoms with Crippen molar-refractivity contribution in [1.82, 2.24) is 19.8 Å². The van der Waals surface area contributed by atoms with E-state index in [4.69, 9.17) is 0 Å². The zero-order chi connectivity index (χ0) is 23.6. The summed E-state index contributed by atoms with van der Waals surface area (Å²) in [7, 11) is 0. The van der Waals surface area contributed by atoms with Gasteiger partial charge in [-0.2, -0.15) is 0 Å². The third-order valence-corrected chi connectivity index (χ3v) is 5.92. The molecule has 1 amide bonds. The summed E-state index contributed by atoms with van der Waals surface area (Å²) in [5.41, 5.74) is 1.57. The second-order valence-corrected chi connectivity index (χ2v) is 8.41. The van der Waals surface area contributed by atoms with E-state index in [1.807, 2.05) is 12.1 Å². The van der Waals surface area contributed by atoms with Crippen LogP contribution < -0.4 is 10.9 Å². The zero-order valence-electron chi connectivity index (χ0n) is 18.3. The Morgan fingerprint density at radius 2 is 1.97 bits per heavy atom. The van der Waals surface area contributed by atoms with E-state index < -0.39 is 18.1 Å². The molecule has 2 aromatic carbocycles. The largest absolute Gasteiger partial charge is 0.465 e. The van der Waals surface area contributed by atoms with E-state index in [2.05, 4.69) is 10.3 Å². The second-order valence-electron chi connectivity index (χ2n) is 8.41. The SMILES string of the molecule is CC(NC(=O)O)c1nc2cccc(CCCN3CCC(F)(F)C3)c2c(=O)n1-c1ccccc1. The van der Waals surface area contributed by atoms with Crippen LogP contribution in [0.3, 0.4) is 0 Å². The third kappa shape index (κ3) is 5.03. The lowest BCUT2D eigenvalue weighted by Crippen LogP contribution is -2.32. The number of nitrogens with one attached hydrogen (secondary N) is 1. The van der Waals surface area contributed by atoms with Crippen LogP contribution in [-0.2, 0) is 6.42 Å². The first kappa shape index (κ1) is 22.8. The van der Waals surface area contributed by atoms with Gasteiger partial charge in [0.1, 0.15) is 5.82 Å². The number of halogens is 2. The number of amides is 1. The monoisotopic (exact) mass is 456 g/mol. The Bertz CT molecular complexity index is 1210. The molecule has 0 spiro atoms. The fourth-order valence-corrected chi connectivity index (χ4v) is 4.38. The van der Waals surface area contributed by atoms with Crippen molar-refractivity contribution < 1.29 is 18.7 Å². The molecule has 1 aliphatic rings. The number of likely N-dealkylation sites (tertiary alicyclic amines) is 1. The van der Waals surface area contributed by atoms with Gasteiger partial charge in [0.2, 0.25) is 0 Å². The summed E-state index contributed by atoms with van der Waals surface area (Å²) in [5, 5.41) is 12.0. The van der Waals surface area contributed by atoms with Crippen LogP contribution in [0, 0.1) is 0 Å². The number of aryl methyl sites for hydroxylation is 1. The van der Waals surface area contributed by atoms with Gasteiger partial charge in [0, 0.05) is 13.0 Å². The zero-order valence-corrected chi connectivity index (χ0v) is 18.3. The van der Waals surface area contributed by atoms with E-state index in [0.717, 1.165) is 5.56 Å². The van der Waals surface area contributed by atoms with Crippen molar-refractivity contribution in [1.29, 1.82) is 0 Å². The van der Waals surface area contributed by atoms with E-state index in [1.54, 1.807) is 48.2 Å². The molecular formula is C24H26F2N4O3. The Labute approximate surface area is 189 Å². The summed E-state index contributed by atoms with van der Waals surface area (Å²) < 4.78 is 28.4. The van der Waals surface area contributed by atoms with E-state index in [9.17, 15) is 23.5 Å². The summed E-state index contributed by atoms with van der Waals surface area (Å²) in [5.74, 6) is -2.33. The summed E-state index contributed by atoms with van der Waals surface area (Å²) in [6.07, 6.45) is -0.137. The number of hydrogen-bond acceptors (Lipinski definition) is 4. The van der Waals surface area contributed by atoms with Gasteiger partial charge in [-0.15, -0.1) is 0 Å². The van der Waals surface area contributed by atoms with Crippen molar-refractivity contribution in [3.05, 3.63) is 70.3 Å². The molecule has 33 heavy (non-hydrogen) atoms. The minimum atomic E-state index is -2.62. The second kappa shape index (κ2) is 9.27. The number of para-hydroxylation sites is 1. The number of carbonyl (C=O) groups is 1. The average molecular weight is 456 g/mol. The van der Waals surface area contributed by atoms with E-state index in [-0.39, 0.29) is 24.3 Å². The summed E-state index contributed by atoms with van der Waals surface area (Å²) >= 11 is 0. The summed E-state index contributed by atoms with van der Waals surface area (Å²) in [6, 6.07) is 13.6. The summed E-state index contributed by atoms with van der Waals surface area (Å²) in [6.45, 7) is 2.33. The minimum absolute atomic E-state index is 0.113. The molecule has 2 heterocycles. The lowest BCUT2D eigenvalue weighted by atomic mass is 10.0. The smallest absolute Gasteiger partial charge is 0.405 e. The average Bonchev–Trinajstić information content (AvgIpc) is 3.12. The Morgan fingerprint density at radius 3 is 2.64 bits per heavy atom. The lowest BCUT2D eigenvalue weighted by Gasteiger charge is -2.19. The maximum atomic E-state index is 13.7. The van der Waals surface area contributed by atoms with Crippen LogP contribution in [0.1, 0.15) is 37.2 Å². The molecule has 2 N–H and O–H groups in total. The molecule has 1 atom stereocenters. The van der Waals surface area contributed by atoms with Crippen molar-refractivity contribution in [3.63, 3.8) is 0 Å². The molecule has 1 aliphatic heterocycles. The topological polar surface area (TPSA) is 87.5 Å². The molecule has 9 heteroatoms. The fourth-order valence-electron chi connectivity index (χ4n) is 4.38. The molecular weight excluding hydrogens is 430 g/mol. The lowest BCUT2D eigenvalue weighted by molar-refractivity contribution is 0.0122. The maximum absolute atomic E-state index is 13.7. The predicted octanol–water partition coefficient (Wildman–Crippen LogP) is 3.99. The number of hydrogen-bond donors (Lipinski definition) is 2. The van der Waals surface area contributed by atoms with Crippen LogP contribution in [0.25, 0.3) is 16.6 Å². The quantitative estimate of drug-likeness (QED) is 0.562. The third-order valence-electron chi connectivity index (χ3n) is 5.92. The Balaban J connectivity index is 1.72. The van der Waals surface area contributed by atoms with Crippen molar-refractivity contribution in [2.45, 2.75) is 38.2 Å². The fraction of sp³-hybridized carbons (Fsp3) is 0.375. The van der Waals surface area contributed by atoms with Crippen LogP contribution in [0.4, 0.5) is 13.6 Å². The molecule has 1 aromatic heterocycles. The van der Waals surface area contributed by atoms with Gasteiger partial charge < -0.3 is 10.4 Å². The first-order chi connectivity index (χ1) is 15.7.